The van der Waals surface area contributed by atoms with E-state index in [0.717, 1.165) is 32.7 Å². The van der Waals surface area contributed by atoms with Gasteiger partial charge < -0.3 is 20.5 Å². The van der Waals surface area contributed by atoms with Crippen molar-refractivity contribution in [2.45, 2.75) is 0 Å². The highest BCUT2D eigenvalue weighted by Crippen LogP contribution is 2.01. The van der Waals surface area contributed by atoms with E-state index in [4.69, 9.17) is 15.6 Å². The molecule has 0 atom stereocenters. The highest BCUT2D eigenvalue weighted by atomic mass is 16.5. The van der Waals surface area contributed by atoms with Crippen LogP contribution in [0.2, 0.25) is 0 Å². The number of ether oxygens (including phenoxy) is 1. The van der Waals surface area contributed by atoms with Crippen molar-refractivity contribution in [3.8, 4) is 0 Å². The maximum atomic E-state index is 11.3. The lowest BCUT2D eigenvalue weighted by Gasteiger charge is -2.34. The molecule has 6 nitrogen and oxygen atoms in total. The summed E-state index contributed by atoms with van der Waals surface area (Å²) >= 11 is 0. The molecule has 0 spiro atoms. The maximum absolute atomic E-state index is 11.3. The molecule has 1 aliphatic heterocycles. The lowest BCUT2D eigenvalue weighted by Crippen LogP contribution is -2.50. The highest BCUT2D eigenvalue weighted by molar-refractivity contribution is 5.78. The molecule has 6 heteroatoms. The summed E-state index contributed by atoms with van der Waals surface area (Å²) in [5.41, 5.74) is 5.30. The summed E-state index contributed by atoms with van der Waals surface area (Å²) in [5, 5.41) is 8.53. The van der Waals surface area contributed by atoms with Gasteiger partial charge >= 0.3 is 0 Å². The topological polar surface area (TPSA) is 79.0 Å². The van der Waals surface area contributed by atoms with E-state index in [2.05, 4.69) is 4.90 Å². The number of hydrogen-bond acceptors (Lipinski definition) is 5. The summed E-state index contributed by atoms with van der Waals surface area (Å²) in [5.74, 6) is 0.0242. The van der Waals surface area contributed by atoms with Crippen LogP contribution in [0.25, 0.3) is 0 Å². The fraction of sp³-hybridized carbons (Fsp3) is 0.900. The van der Waals surface area contributed by atoms with Crippen molar-refractivity contribution in [3.63, 3.8) is 0 Å². The maximum Gasteiger partial charge on any atom is 0.236 e. The standard InChI is InChI=1S/C10H21N3O3/c11-9-10(15)13-3-1-12(2-4-13)5-7-16-8-6-14/h14H,1-9,11H2. The minimum absolute atomic E-state index is 0.0242. The first kappa shape index (κ1) is 13.4. The summed E-state index contributed by atoms with van der Waals surface area (Å²) in [4.78, 5) is 15.3. The fourth-order valence-corrected chi connectivity index (χ4v) is 1.71. The van der Waals surface area contributed by atoms with Gasteiger partial charge in [0.05, 0.1) is 26.4 Å². The molecule has 0 aromatic heterocycles. The predicted octanol–water partition coefficient (Wildman–Crippen LogP) is -1.90. The van der Waals surface area contributed by atoms with Crippen LogP contribution in [0.15, 0.2) is 0 Å². The molecule has 1 aliphatic rings. The van der Waals surface area contributed by atoms with E-state index in [1.807, 2.05) is 0 Å². The average Bonchev–Trinajstić information content (AvgIpc) is 2.34. The highest BCUT2D eigenvalue weighted by Gasteiger charge is 2.19. The van der Waals surface area contributed by atoms with E-state index in [1.54, 1.807) is 4.90 Å². The Morgan fingerprint density at radius 1 is 1.25 bits per heavy atom. The summed E-state index contributed by atoms with van der Waals surface area (Å²) in [6.45, 7) is 5.27. The third-order valence-corrected chi connectivity index (χ3v) is 2.69. The number of nitrogens with two attached hydrogens (primary N) is 1. The first-order valence-electron chi connectivity index (χ1n) is 5.66. The van der Waals surface area contributed by atoms with Crippen LogP contribution in [0.4, 0.5) is 0 Å². The van der Waals surface area contributed by atoms with Gasteiger partial charge in [0.2, 0.25) is 5.91 Å². The molecule has 3 N–H and O–H groups in total. The Balaban J connectivity index is 2.10. The first-order valence-corrected chi connectivity index (χ1v) is 5.66. The van der Waals surface area contributed by atoms with Gasteiger partial charge in [0.25, 0.3) is 0 Å². The molecule has 0 radical (unpaired) electrons. The van der Waals surface area contributed by atoms with Gasteiger partial charge in [-0.1, -0.05) is 0 Å². The molecule has 16 heavy (non-hydrogen) atoms. The van der Waals surface area contributed by atoms with Crippen molar-refractivity contribution >= 4 is 5.91 Å². The SMILES string of the molecule is NCC(=O)N1CCN(CCOCCO)CC1. The number of carbonyl (C=O) groups excluding carboxylic acids is 1. The van der Waals surface area contributed by atoms with Crippen LogP contribution >= 0.6 is 0 Å². The van der Waals surface area contributed by atoms with Gasteiger partial charge in [0.15, 0.2) is 0 Å². The summed E-state index contributed by atoms with van der Waals surface area (Å²) in [6.07, 6.45) is 0. The Labute approximate surface area is 95.9 Å². The van der Waals surface area contributed by atoms with E-state index in [9.17, 15) is 4.79 Å². The molecular formula is C10H21N3O3. The lowest BCUT2D eigenvalue weighted by molar-refractivity contribution is -0.131. The number of amides is 1. The monoisotopic (exact) mass is 231 g/mol. The molecule has 1 rings (SSSR count). The van der Waals surface area contributed by atoms with E-state index in [0.29, 0.717) is 13.2 Å². The van der Waals surface area contributed by atoms with E-state index < -0.39 is 0 Å². The predicted molar refractivity (Wildman–Crippen MR) is 60.0 cm³/mol. The van der Waals surface area contributed by atoms with Crippen LogP contribution in [-0.4, -0.2) is 79.9 Å². The van der Waals surface area contributed by atoms with Crippen molar-refractivity contribution in [2.75, 3.05) is 59.1 Å². The van der Waals surface area contributed by atoms with E-state index in [1.165, 1.54) is 0 Å². The van der Waals surface area contributed by atoms with Crippen LogP contribution in [-0.2, 0) is 9.53 Å². The van der Waals surface area contributed by atoms with Crippen molar-refractivity contribution in [1.29, 1.82) is 0 Å². The van der Waals surface area contributed by atoms with Crippen molar-refractivity contribution in [1.82, 2.24) is 9.80 Å². The van der Waals surface area contributed by atoms with Crippen molar-refractivity contribution in [3.05, 3.63) is 0 Å². The zero-order valence-corrected chi connectivity index (χ0v) is 9.60. The molecule has 0 aromatic rings. The van der Waals surface area contributed by atoms with Gasteiger partial charge in [0.1, 0.15) is 0 Å². The van der Waals surface area contributed by atoms with E-state index >= 15 is 0 Å². The van der Waals surface area contributed by atoms with Crippen LogP contribution in [0.5, 0.6) is 0 Å². The number of piperazine rings is 1. The quantitative estimate of drug-likeness (QED) is 0.522. The molecule has 1 amide bonds. The Morgan fingerprint density at radius 3 is 2.50 bits per heavy atom. The van der Waals surface area contributed by atoms with Gasteiger partial charge in [0, 0.05) is 32.7 Å². The van der Waals surface area contributed by atoms with Gasteiger partial charge in [-0.05, 0) is 0 Å². The summed E-state index contributed by atoms with van der Waals surface area (Å²) < 4.78 is 5.19. The van der Waals surface area contributed by atoms with Gasteiger partial charge in [-0.3, -0.25) is 9.69 Å². The smallest absolute Gasteiger partial charge is 0.236 e. The number of hydrogen-bond donors (Lipinski definition) is 2. The van der Waals surface area contributed by atoms with Crippen LogP contribution in [0.1, 0.15) is 0 Å². The number of carbonyl (C=O) groups is 1. The third-order valence-electron chi connectivity index (χ3n) is 2.69. The molecule has 0 bridgehead atoms. The Bertz CT molecular complexity index is 205. The third kappa shape index (κ3) is 4.44. The summed E-state index contributed by atoms with van der Waals surface area (Å²) in [7, 11) is 0. The molecule has 0 aliphatic carbocycles. The second kappa shape index (κ2) is 7.56. The Morgan fingerprint density at radius 2 is 1.94 bits per heavy atom. The van der Waals surface area contributed by atoms with Gasteiger partial charge in [-0.2, -0.15) is 0 Å². The number of nitrogens with zero attached hydrogens (tertiary/aromatic N) is 2. The number of rotatable bonds is 6. The molecule has 1 fully saturated rings. The van der Waals surface area contributed by atoms with E-state index in [-0.39, 0.29) is 19.1 Å². The zero-order chi connectivity index (χ0) is 11.8. The average molecular weight is 231 g/mol. The van der Waals surface area contributed by atoms with Crippen LogP contribution in [0.3, 0.4) is 0 Å². The lowest BCUT2D eigenvalue weighted by atomic mass is 10.3. The van der Waals surface area contributed by atoms with Crippen molar-refractivity contribution in [2.24, 2.45) is 5.73 Å². The zero-order valence-electron chi connectivity index (χ0n) is 9.60. The number of aliphatic hydroxyl groups is 1. The Hall–Kier alpha value is -0.690. The molecular weight excluding hydrogens is 210 g/mol. The normalized spacial score (nSPS) is 17.8. The molecule has 1 saturated heterocycles. The van der Waals surface area contributed by atoms with Crippen LogP contribution in [0, 0.1) is 0 Å². The van der Waals surface area contributed by atoms with Crippen molar-refractivity contribution < 1.29 is 14.6 Å². The molecule has 0 aromatic carbocycles. The molecule has 1 heterocycles. The fourth-order valence-electron chi connectivity index (χ4n) is 1.71. The summed E-state index contributed by atoms with van der Waals surface area (Å²) in [6, 6.07) is 0. The second-order valence-corrected chi connectivity index (χ2v) is 3.76. The minimum Gasteiger partial charge on any atom is -0.394 e. The van der Waals surface area contributed by atoms with Gasteiger partial charge in [-0.15, -0.1) is 0 Å². The largest absolute Gasteiger partial charge is 0.394 e. The van der Waals surface area contributed by atoms with Crippen LogP contribution < -0.4 is 5.73 Å². The molecule has 0 saturated carbocycles. The second-order valence-electron chi connectivity index (χ2n) is 3.76. The molecule has 0 unspecified atom stereocenters. The van der Waals surface area contributed by atoms with Gasteiger partial charge in [-0.25, -0.2) is 0 Å². The number of aliphatic hydroxyl groups excluding tert-OH is 1. The minimum atomic E-state index is 0.0242. The molecule has 94 valence electrons. The Kier molecular flexibility index (Phi) is 6.32. The first-order chi connectivity index (χ1) is 7.77.